The van der Waals surface area contributed by atoms with E-state index in [2.05, 4.69) is 10.2 Å². The van der Waals surface area contributed by atoms with Crippen LogP contribution in [-0.4, -0.2) is 61.3 Å². The van der Waals surface area contributed by atoms with Crippen LogP contribution in [-0.2, 0) is 11.2 Å². The van der Waals surface area contributed by atoms with Gasteiger partial charge in [0.1, 0.15) is 5.82 Å². The molecule has 1 N–H and O–H groups in total. The molecule has 2 heterocycles. The molecule has 0 saturated carbocycles. The highest BCUT2D eigenvalue weighted by molar-refractivity contribution is 5.89. The lowest BCUT2D eigenvalue weighted by atomic mass is 10.1. The number of urea groups is 1. The number of carbonyl (C=O) groups excluding carboxylic acids is 1. The molecule has 0 unspecified atom stereocenters. The Kier molecular flexibility index (Phi) is 5.68. The van der Waals surface area contributed by atoms with Crippen LogP contribution in [0.15, 0.2) is 18.2 Å². The summed E-state index contributed by atoms with van der Waals surface area (Å²) in [7, 11) is 0. The van der Waals surface area contributed by atoms with E-state index in [1.807, 2.05) is 11.8 Å². The average molecular weight is 335 g/mol. The normalized spacial score (nSPS) is 21.9. The minimum atomic E-state index is -0.262. The van der Waals surface area contributed by atoms with Crippen molar-refractivity contribution in [2.75, 3.05) is 44.7 Å². The molecule has 1 aromatic rings. The molecule has 2 aliphatic heterocycles. The number of morpholine rings is 1. The van der Waals surface area contributed by atoms with Gasteiger partial charge in [0, 0.05) is 37.9 Å². The number of benzene rings is 1. The highest BCUT2D eigenvalue weighted by Gasteiger charge is 2.30. The third-order valence-corrected chi connectivity index (χ3v) is 4.90. The summed E-state index contributed by atoms with van der Waals surface area (Å²) in [6.07, 6.45) is 2.69. The lowest BCUT2D eigenvalue weighted by Crippen LogP contribution is -2.47. The van der Waals surface area contributed by atoms with Crippen molar-refractivity contribution in [2.45, 2.75) is 32.2 Å². The number of ether oxygens (including phenoxy) is 1. The van der Waals surface area contributed by atoms with E-state index >= 15 is 0 Å². The molecule has 1 atom stereocenters. The highest BCUT2D eigenvalue weighted by Crippen LogP contribution is 2.21. The van der Waals surface area contributed by atoms with Gasteiger partial charge in [-0.2, -0.15) is 0 Å². The van der Waals surface area contributed by atoms with Gasteiger partial charge in [-0.1, -0.05) is 13.0 Å². The zero-order chi connectivity index (χ0) is 16.9. The van der Waals surface area contributed by atoms with Crippen molar-refractivity contribution < 1.29 is 13.9 Å². The van der Waals surface area contributed by atoms with Crippen LogP contribution in [0.1, 0.15) is 25.3 Å². The number of nitrogens with zero attached hydrogens (tertiary/aromatic N) is 2. The molecular formula is C18H26FN3O2. The topological polar surface area (TPSA) is 44.8 Å². The summed E-state index contributed by atoms with van der Waals surface area (Å²) >= 11 is 0. The minimum absolute atomic E-state index is 0.130. The Hall–Kier alpha value is -1.66. The van der Waals surface area contributed by atoms with Crippen LogP contribution < -0.4 is 5.32 Å². The second-order valence-electron chi connectivity index (χ2n) is 6.49. The lowest BCUT2D eigenvalue weighted by molar-refractivity contribution is 0.0296. The summed E-state index contributed by atoms with van der Waals surface area (Å²) in [5, 5.41) is 2.85. The summed E-state index contributed by atoms with van der Waals surface area (Å²) in [5.41, 5.74) is 1.19. The molecule has 1 aromatic carbocycles. The molecular weight excluding hydrogens is 309 g/mol. The standard InChI is InChI=1S/C18H26FN3O2/c1-2-14-5-6-15(12-17(14)19)20-18(23)22-7-3-4-16(22)13-21-8-10-24-11-9-21/h5-6,12,16H,2-4,7-11,13H2,1H3,(H,20,23)/t16-/m1/s1. The summed E-state index contributed by atoms with van der Waals surface area (Å²) in [6, 6.07) is 5.01. The van der Waals surface area contributed by atoms with Crippen LogP contribution in [0.3, 0.4) is 0 Å². The van der Waals surface area contributed by atoms with Gasteiger partial charge in [0.25, 0.3) is 0 Å². The van der Waals surface area contributed by atoms with Crippen molar-refractivity contribution >= 4 is 11.7 Å². The van der Waals surface area contributed by atoms with Crippen molar-refractivity contribution in [3.63, 3.8) is 0 Å². The maximum atomic E-state index is 13.9. The van der Waals surface area contributed by atoms with Crippen LogP contribution in [0.4, 0.5) is 14.9 Å². The Labute approximate surface area is 142 Å². The molecule has 24 heavy (non-hydrogen) atoms. The summed E-state index contributed by atoms with van der Waals surface area (Å²) in [6.45, 7) is 6.95. The number of anilines is 1. The smallest absolute Gasteiger partial charge is 0.322 e. The van der Waals surface area contributed by atoms with E-state index in [1.165, 1.54) is 6.07 Å². The van der Waals surface area contributed by atoms with Crippen molar-refractivity contribution in [1.82, 2.24) is 9.80 Å². The third-order valence-electron chi connectivity index (χ3n) is 4.90. The lowest BCUT2D eigenvalue weighted by Gasteiger charge is -2.32. The molecule has 0 bridgehead atoms. The monoisotopic (exact) mass is 335 g/mol. The van der Waals surface area contributed by atoms with E-state index < -0.39 is 0 Å². The number of rotatable bonds is 4. The van der Waals surface area contributed by atoms with E-state index in [-0.39, 0.29) is 17.9 Å². The van der Waals surface area contributed by atoms with E-state index in [0.29, 0.717) is 17.7 Å². The first-order chi connectivity index (χ1) is 11.7. The van der Waals surface area contributed by atoms with Crippen LogP contribution in [0.5, 0.6) is 0 Å². The van der Waals surface area contributed by atoms with Gasteiger partial charge >= 0.3 is 6.03 Å². The van der Waals surface area contributed by atoms with Crippen LogP contribution in [0.25, 0.3) is 0 Å². The van der Waals surface area contributed by atoms with Gasteiger partial charge in [0.2, 0.25) is 0 Å². The Bertz CT molecular complexity index is 575. The Morgan fingerprint density at radius 2 is 2.12 bits per heavy atom. The van der Waals surface area contributed by atoms with Crippen LogP contribution >= 0.6 is 0 Å². The zero-order valence-corrected chi connectivity index (χ0v) is 14.3. The molecule has 2 saturated heterocycles. The largest absolute Gasteiger partial charge is 0.379 e. The summed E-state index contributed by atoms with van der Waals surface area (Å²) in [4.78, 5) is 16.8. The Balaban J connectivity index is 1.59. The van der Waals surface area contributed by atoms with E-state index in [1.54, 1.807) is 12.1 Å². The fourth-order valence-corrected chi connectivity index (χ4v) is 3.48. The number of halogens is 1. The number of amides is 2. The predicted octanol–water partition coefficient (Wildman–Crippen LogP) is 2.72. The number of hydrogen-bond donors (Lipinski definition) is 1. The van der Waals surface area contributed by atoms with E-state index in [0.717, 1.165) is 52.2 Å². The van der Waals surface area contributed by atoms with Crippen molar-refractivity contribution in [2.24, 2.45) is 0 Å². The quantitative estimate of drug-likeness (QED) is 0.920. The van der Waals surface area contributed by atoms with Gasteiger partial charge in [-0.05, 0) is 37.0 Å². The van der Waals surface area contributed by atoms with Crippen molar-refractivity contribution in [3.8, 4) is 0 Å². The van der Waals surface area contributed by atoms with Gasteiger partial charge < -0.3 is 15.0 Å². The van der Waals surface area contributed by atoms with Gasteiger partial charge in [-0.3, -0.25) is 4.90 Å². The second-order valence-corrected chi connectivity index (χ2v) is 6.49. The molecule has 6 heteroatoms. The second kappa shape index (κ2) is 7.94. The van der Waals surface area contributed by atoms with E-state index in [9.17, 15) is 9.18 Å². The van der Waals surface area contributed by atoms with Crippen molar-refractivity contribution in [1.29, 1.82) is 0 Å². The van der Waals surface area contributed by atoms with Crippen molar-refractivity contribution in [3.05, 3.63) is 29.6 Å². The molecule has 0 spiro atoms. The fourth-order valence-electron chi connectivity index (χ4n) is 3.48. The number of nitrogens with one attached hydrogen (secondary N) is 1. The maximum absolute atomic E-state index is 13.9. The third kappa shape index (κ3) is 4.05. The Morgan fingerprint density at radius 3 is 2.83 bits per heavy atom. The van der Waals surface area contributed by atoms with E-state index in [4.69, 9.17) is 4.74 Å². The number of carbonyl (C=O) groups is 1. The maximum Gasteiger partial charge on any atom is 0.322 e. The SMILES string of the molecule is CCc1ccc(NC(=O)N2CCC[C@@H]2CN2CCOCC2)cc1F. The average Bonchev–Trinajstić information content (AvgIpc) is 3.04. The molecule has 3 rings (SSSR count). The molecule has 0 radical (unpaired) electrons. The zero-order valence-electron chi connectivity index (χ0n) is 14.3. The number of hydrogen-bond acceptors (Lipinski definition) is 3. The predicted molar refractivity (Wildman–Crippen MR) is 91.8 cm³/mol. The first-order valence-corrected chi connectivity index (χ1v) is 8.83. The fraction of sp³-hybridized carbons (Fsp3) is 0.611. The van der Waals surface area contributed by atoms with Crippen LogP contribution in [0.2, 0.25) is 0 Å². The molecule has 132 valence electrons. The van der Waals surface area contributed by atoms with Gasteiger partial charge in [0.05, 0.1) is 13.2 Å². The van der Waals surface area contributed by atoms with Gasteiger partial charge in [-0.15, -0.1) is 0 Å². The summed E-state index contributed by atoms with van der Waals surface area (Å²) in [5.74, 6) is -0.262. The molecule has 2 aliphatic rings. The molecule has 2 amide bonds. The Morgan fingerprint density at radius 1 is 1.33 bits per heavy atom. The molecule has 5 nitrogen and oxygen atoms in total. The molecule has 2 fully saturated rings. The molecule has 0 aromatic heterocycles. The summed E-state index contributed by atoms with van der Waals surface area (Å²) < 4.78 is 19.3. The number of aryl methyl sites for hydroxylation is 1. The van der Waals surface area contributed by atoms with Gasteiger partial charge in [0.15, 0.2) is 0 Å². The number of likely N-dealkylation sites (tertiary alicyclic amines) is 1. The first-order valence-electron chi connectivity index (χ1n) is 8.83. The van der Waals surface area contributed by atoms with Crippen LogP contribution in [0, 0.1) is 5.82 Å². The minimum Gasteiger partial charge on any atom is -0.379 e. The first kappa shape index (κ1) is 17.2. The molecule has 0 aliphatic carbocycles. The van der Waals surface area contributed by atoms with Gasteiger partial charge in [-0.25, -0.2) is 9.18 Å². The highest BCUT2D eigenvalue weighted by atomic mass is 19.1.